The van der Waals surface area contributed by atoms with Gasteiger partial charge < -0.3 is 20.3 Å². The fourth-order valence-electron chi connectivity index (χ4n) is 4.21. The molecule has 0 radical (unpaired) electrons. The fourth-order valence-corrected chi connectivity index (χ4v) is 5.83. The van der Waals surface area contributed by atoms with Crippen LogP contribution < -0.4 is 10.1 Å². The van der Waals surface area contributed by atoms with E-state index >= 15 is 0 Å². The van der Waals surface area contributed by atoms with Gasteiger partial charge in [0.05, 0.1) is 23.8 Å². The normalized spacial score (nSPS) is 14.0. The standard InChI is InChI=1S/C27H40N4O7S.C4H10/c1-7-10-24(28)19(5)20(6)27(32)29-26(18(3)4)23-15-22(12-13-25(23)37-8-2)39(35,36)30-16-21(17-30)11-9-14-38-31(33)34;1-3-4-2/h12-13,15,21,28H,7-11,14,16-17H2,1-6H3,(H,29,32);3-4H2,1-2H3/b20-19+,28-24?;. The molecule has 0 atom stereocenters. The van der Waals surface area contributed by atoms with Crippen molar-refractivity contribution in [2.24, 2.45) is 5.92 Å². The highest BCUT2D eigenvalue weighted by Gasteiger charge is 2.36. The Bertz CT molecular complexity index is 1280. The Morgan fingerprint density at radius 3 is 2.21 bits per heavy atom. The first kappa shape index (κ1) is 37.8. The molecule has 1 amide bonds. The van der Waals surface area contributed by atoms with Crippen LogP contribution in [0.2, 0.25) is 0 Å². The summed E-state index contributed by atoms with van der Waals surface area (Å²) in [5.74, 6) is 0.179. The number of carbonyl (C=O) groups is 1. The van der Waals surface area contributed by atoms with Crippen LogP contribution >= 0.6 is 0 Å². The van der Waals surface area contributed by atoms with E-state index in [4.69, 9.17) is 10.1 Å². The van der Waals surface area contributed by atoms with Crippen molar-refractivity contribution < 1.29 is 27.9 Å². The van der Waals surface area contributed by atoms with Gasteiger partial charge in [0, 0.05) is 29.9 Å². The number of ether oxygens (including phenoxy) is 1. The predicted molar refractivity (Wildman–Crippen MR) is 170 cm³/mol. The Morgan fingerprint density at radius 1 is 1.07 bits per heavy atom. The van der Waals surface area contributed by atoms with Crippen LogP contribution in [0.3, 0.4) is 0 Å². The molecule has 1 heterocycles. The quantitative estimate of drug-likeness (QED) is 0.0699. The van der Waals surface area contributed by atoms with E-state index in [0.29, 0.717) is 72.8 Å². The van der Waals surface area contributed by atoms with Crippen LogP contribution in [-0.2, 0) is 19.7 Å². The molecule has 43 heavy (non-hydrogen) atoms. The van der Waals surface area contributed by atoms with E-state index in [9.17, 15) is 23.3 Å². The van der Waals surface area contributed by atoms with Crippen molar-refractivity contribution in [3.05, 3.63) is 50.6 Å². The Hall–Kier alpha value is -3.25. The Balaban J connectivity index is 0.00000217. The van der Waals surface area contributed by atoms with Crippen LogP contribution in [0.15, 0.2) is 39.8 Å². The van der Waals surface area contributed by atoms with E-state index in [1.54, 1.807) is 19.9 Å². The van der Waals surface area contributed by atoms with E-state index in [1.165, 1.54) is 29.3 Å². The highest BCUT2D eigenvalue weighted by Crippen LogP contribution is 2.33. The molecule has 1 aliphatic rings. The summed E-state index contributed by atoms with van der Waals surface area (Å²) in [4.78, 5) is 27.8. The average molecular weight is 623 g/mol. The van der Waals surface area contributed by atoms with Crippen molar-refractivity contribution in [1.82, 2.24) is 9.62 Å². The summed E-state index contributed by atoms with van der Waals surface area (Å²) in [5.41, 5.74) is 3.10. The largest absolute Gasteiger partial charge is 0.493 e. The average Bonchev–Trinajstić information content (AvgIpc) is 2.94. The SMILES string of the molecule is CCCC.CCCC(=N)/C(C)=C(\C)C(=O)NC(=C(C)C)c1cc(S(=O)(=O)N2CC(CCCO[N+](=O)[O-])C2)ccc1OCC. The van der Waals surface area contributed by atoms with Crippen molar-refractivity contribution in [3.63, 3.8) is 0 Å². The lowest BCUT2D eigenvalue weighted by Gasteiger charge is -2.38. The predicted octanol–water partition coefficient (Wildman–Crippen LogP) is 6.52. The molecule has 1 aliphatic heterocycles. The Morgan fingerprint density at radius 2 is 1.70 bits per heavy atom. The lowest BCUT2D eigenvalue weighted by Crippen LogP contribution is -2.49. The molecule has 0 bridgehead atoms. The zero-order chi connectivity index (χ0) is 32.7. The first-order chi connectivity index (χ1) is 20.2. The summed E-state index contributed by atoms with van der Waals surface area (Å²) in [7, 11) is -3.80. The van der Waals surface area contributed by atoms with Gasteiger partial charge in [-0.3, -0.25) is 4.79 Å². The van der Waals surface area contributed by atoms with Crippen molar-refractivity contribution in [2.75, 3.05) is 26.3 Å². The number of nitrogens with one attached hydrogen (secondary N) is 2. The molecule has 0 aromatic heterocycles. The van der Waals surface area contributed by atoms with Gasteiger partial charge in [0.15, 0.2) is 0 Å². The van der Waals surface area contributed by atoms with Gasteiger partial charge in [-0.1, -0.05) is 45.6 Å². The van der Waals surface area contributed by atoms with Gasteiger partial charge in [-0.15, -0.1) is 10.1 Å². The minimum absolute atomic E-state index is 0.0103. The number of carbonyl (C=O) groups excluding carboxylic acids is 1. The van der Waals surface area contributed by atoms with E-state index in [0.717, 1.165) is 12.0 Å². The van der Waals surface area contributed by atoms with E-state index in [2.05, 4.69) is 24.0 Å². The van der Waals surface area contributed by atoms with E-state index < -0.39 is 15.1 Å². The molecule has 2 rings (SSSR count). The number of rotatable bonds is 16. The summed E-state index contributed by atoms with van der Waals surface area (Å²) in [6.07, 6.45) is 5.12. The Labute approximate surface area is 257 Å². The minimum atomic E-state index is -3.80. The molecule has 1 fully saturated rings. The highest BCUT2D eigenvalue weighted by molar-refractivity contribution is 7.89. The molecule has 11 nitrogen and oxygen atoms in total. The molecule has 1 saturated heterocycles. The number of nitrogens with zero attached hydrogens (tertiary/aromatic N) is 2. The zero-order valence-electron chi connectivity index (χ0n) is 27.0. The zero-order valence-corrected chi connectivity index (χ0v) is 27.9. The van der Waals surface area contributed by atoms with E-state index in [1.807, 2.05) is 27.7 Å². The van der Waals surface area contributed by atoms with Gasteiger partial charge in [-0.2, -0.15) is 4.31 Å². The second-order valence-corrected chi connectivity index (χ2v) is 12.7. The van der Waals surface area contributed by atoms with Gasteiger partial charge >= 0.3 is 0 Å². The second-order valence-electron chi connectivity index (χ2n) is 10.8. The maximum absolute atomic E-state index is 13.4. The second kappa shape index (κ2) is 18.4. The van der Waals surface area contributed by atoms with Gasteiger partial charge in [-0.05, 0) is 83.6 Å². The molecule has 242 valence electrons. The van der Waals surface area contributed by atoms with E-state index in [-0.39, 0.29) is 23.3 Å². The number of amides is 1. The number of unbranched alkanes of at least 4 members (excludes halogenated alkanes) is 1. The molecule has 2 N–H and O–H groups in total. The van der Waals surface area contributed by atoms with Gasteiger partial charge in [0.2, 0.25) is 10.0 Å². The number of hydrogen-bond donors (Lipinski definition) is 2. The third-order valence-corrected chi connectivity index (χ3v) is 8.96. The maximum atomic E-state index is 13.4. The topological polar surface area (TPSA) is 152 Å². The number of hydrogen-bond acceptors (Lipinski definition) is 8. The smallest absolute Gasteiger partial charge is 0.294 e. The number of benzene rings is 1. The van der Waals surface area contributed by atoms with Crippen molar-refractivity contribution in [1.29, 1.82) is 5.41 Å². The summed E-state index contributed by atoms with van der Waals surface area (Å²) in [6, 6.07) is 4.61. The van der Waals surface area contributed by atoms with Crippen LogP contribution in [0.5, 0.6) is 5.75 Å². The first-order valence-electron chi connectivity index (χ1n) is 15.0. The summed E-state index contributed by atoms with van der Waals surface area (Å²) in [6.45, 7) is 16.2. The molecule has 0 aliphatic carbocycles. The van der Waals surface area contributed by atoms with Crippen molar-refractivity contribution in [2.45, 2.75) is 98.8 Å². The molecular formula is C31H50N4O7S. The van der Waals surface area contributed by atoms with Crippen LogP contribution in [0, 0.1) is 21.4 Å². The number of sulfonamides is 1. The summed E-state index contributed by atoms with van der Waals surface area (Å²) in [5, 5.41) is 20.6. The molecule has 0 unspecified atom stereocenters. The molecule has 12 heteroatoms. The number of allylic oxidation sites excluding steroid dienone is 2. The monoisotopic (exact) mass is 622 g/mol. The summed E-state index contributed by atoms with van der Waals surface area (Å²) >= 11 is 0. The van der Waals surface area contributed by atoms with Crippen molar-refractivity contribution >= 4 is 27.3 Å². The molecule has 1 aromatic rings. The third kappa shape index (κ3) is 11.4. The van der Waals surface area contributed by atoms with Crippen molar-refractivity contribution in [3.8, 4) is 5.75 Å². The van der Waals surface area contributed by atoms with Gasteiger partial charge in [0.25, 0.3) is 11.0 Å². The Kier molecular flexibility index (Phi) is 16.2. The van der Waals surface area contributed by atoms with Crippen LogP contribution in [0.25, 0.3) is 5.70 Å². The molecule has 1 aromatic carbocycles. The lowest BCUT2D eigenvalue weighted by atomic mass is 9.98. The first-order valence-corrected chi connectivity index (χ1v) is 16.5. The highest BCUT2D eigenvalue weighted by atomic mass is 32.2. The lowest BCUT2D eigenvalue weighted by molar-refractivity contribution is -0.757. The van der Waals surface area contributed by atoms with Gasteiger partial charge in [-0.25, -0.2) is 8.42 Å². The molecular weight excluding hydrogens is 572 g/mol. The fraction of sp³-hybridized carbons (Fsp3) is 0.613. The maximum Gasteiger partial charge on any atom is 0.294 e. The van der Waals surface area contributed by atoms with Crippen LogP contribution in [0.4, 0.5) is 0 Å². The molecule has 0 saturated carbocycles. The van der Waals surface area contributed by atoms with Crippen LogP contribution in [-0.4, -0.2) is 55.7 Å². The molecule has 0 spiro atoms. The van der Waals surface area contributed by atoms with Gasteiger partial charge in [0.1, 0.15) is 5.75 Å². The minimum Gasteiger partial charge on any atom is -0.493 e. The third-order valence-electron chi connectivity index (χ3n) is 7.13. The van der Waals surface area contributed by atoms with Crippen LogP contribution in [0.1, 0.15) is 99.5 Å². The summed E-state index contributed by atoms with van der Waals surface area (Å²) < 4.78 is 33.9.